The Balaban J connectivity index is 1.90. The van der Waals surface area contributed by atoms with Gasteiger partial charge in [-0.3, -0.25) is 10.1 Å². The van der Waals surface area contributed by atoms with Crippen molar-refractivity contribution in [3.63, 3.8) is 0 Å². The molecule has 2 aliphatic rings. The molecule has 2 aliphatic heterocycles. The molecule has 1 N–H and O–H groups in total. The van der Waals surface area contributed by atoms with Gasteiger partial charge in [-0.05, 0) is 39.3 Å². The standard InChI is InChI=1S/C12H23N3O/c1-4-12(2)11(16)15(9-13-12)8-10-5-6-14(3)7-10/h10,13H,4-9H2,1-3H3. The highest BCUT2D eigenvalue weighted by Crippen LogP contribution is 2.22. The smallest absolute Gasteiger partial charge is 0.243 e. The second-order valence-electron chi connectivity index (χ2n) is 5.47. The maximum atomic E-state index is 12.2. The summed E-state index contributed by atoms with van der Waals surface area (Å²) >= 11 is 0. The zero-order valence-electron chi connectivity index (χ0n) is 10.6. The highest BCUT2D eigenvalue weighted by atomic mass is 16.2. The zero-order valence-corrected chi connectivity index (χ0v) is 10.6. The Labute approximate surface area is 98.0 Å². The van der Waals surface area contributed by atoms with Crippen molar-refractivity contribution in [2.24, 2.45) is 5.92 Å². The van der Waals surface area contributed by atoms with Gasteiger partial charge in [-0.25, -0.2) is 0 Å². The van der Waals surface area contributed by atoms with Crippen molar-refractivity contribution in [2.45, 2.75) is 32.2 Å². The molecular formula is C12H23N3O. The van der Waals surface area contributed by atoms with Gasteiger partial charge in [0.15, 0.2) is 0 Å². The summed E-state index contributed by atoms with van der Waals surface area (Å²) in [6, 6.07) is 0. The number of amides is 1. The number of hydrogen-bond acceptors (Lipinski definition) is 3. The summed E-state index contributed by atoms with van der Waals surface area (Å²) in [6.45, 7) is 8.03. The van der Waals surface area contributed by atoms with Crippen molar-refractivity contribution < 1.29 is 4.79 Å². The van der Waals surface area contributed by atoms with E-state index >= 15 is 0 Å². The largest absolute Gasteiger partial charge is 0.328 e. The summed E-state index contributed by atoms with van der Waals surface area (Å²) in [4.78, 5) is 16.5. The van der Waals surface area contributed by atoms with E-state index < -0.39 is 0 Å². The molecule has 2 atom stereocenters. The average Bonchev–Trinajstić information content (AvgIpc) is 2.79. The van der Waals surface area contributed by atoms with Gasteiger partial charge in [0, 0.05) is 13.1 Å². The maximum Gasteiger partial charge on any atom is 0.243 e. The van der Waals surface area contributed by atoms with E-state index in [2.05, 4.69) is 24.2 Å². The Kier molecular flexibility index (Phi) is 3.22. The lowest BCUT2D eigenvalue weighted by atomic mass is 9.99. The second kappa shape index (κ2) is 4.34. The highest BCUT2D eigenvalue weighted by molar-refractivity contribution is 5.87. The fraction of sp³-hybridized carbons (Fsp3) is 0.917. The van der Waals surface area contributed by atoms with Gasteiger partial charge in [0.25, 0.3) is 0 Å². The van der Waals surface area contributed by atoms with Crippen LogP contribution in [0.3, 0.4) is 0 Å². The van der Waals surface area contributed by atoms with Crippen LogP contribution in [0.5, 0.6) is 0 Å². The monoisotopic (exact) mass is 225 g/mol. The molecule has 2 rings (SSSR count). The molecule has 0 aromatic rings. The van der Waals surface area contributed by atoms with Crippen molar-refractivity contribution in [3.8, 4) is 0 Å². The predicted molar refractivity (Wildman–Crippen MR) is 64.0 cm³/mol. The first-order valence-corrected chi connectivity index (χ1v) is 6.28. The van der Waals surface area contributed by atoms with Crippen molar-refractivity contribution in [3.05, 3.63) is 0 Å². The van der Waals surface area contributed by atoms with E-state index in [0.717, 1.165) is 26.2 Å². The van der Waals surface area contributed by atoms with Gasteiger partial charge in [-0.2, -0.15) is 0 Å². The van der Waals surface area contributed by atoms with Crippen LogP contribution in [-0.4, -0.2) is 54.6 Å². The minimum absolute atomic E-state index is 0.282. The van der Waals surface area contributed by atoms with E-state index in [4.69, 9.17) is 0 Å². The SMILES string of the molecule is CCC1(C)NCN(CC2CCN(C)C2)C1=O. The average molecular weight is 225 g/mol. The molecule has 0 bridgehead atoms. The first kappa shape index (κ1) is 11.9. The molecule has 0 radical (unpaired) electrons. The topological polar surface area (TPSA) is 35.6 Å². The molecule has 1 amide bonds. The Bertz CT molecular complexity index is 281. The number of nitrogens with one attached hydrogen (secondary N) is 1. The van der Waals surface area contributed by atoms with Gasteiger partial charge in [-0.1, -0.05) is 6.92 Å². The first-order chi connectivity index (χ1) is 7.55. The van der Waals surface area contributed by atoms with E-state index in [9.17, 15) is 4.79 Å². The molecule has 0 saturated carbocycles. The minimum atomic E-state index is -0.315. The van der Waals surface area contributed by atoms with E-state index in [1.165, 1.54) is 13.0 Å². The highest BCUT2D eigenvalue weighted by Gasteiger charge is 2.41. The predicted octanol–water partition coefficient (Wildman–Crippen LogP) is 0.496. The van der Waals surface area contributed by atoms with Crippen molar-refractivity contribution in [1.82, 2.24) is 15.1 Å². The fourth-order valence-electron chi connectivity index (χ4n) is 2.68. The molecule has 2 unspecified atom stereocenters. The summed E-state index contributed by atoms with van der Waals surface area (Å²) in [5.74, 6) is 0.944. The summed E-state index contributed by atoms with van der Waals surface area (Å²) < 4.78 is 0. The van der Waals surface area contributed by atoms with E-state index in [-0.39, 0.29) is 11.4 Å². The van der Waals surface area contributed by atoms with Gasteiger partial charge in [0.05, 0.1) is 12.2 Å². The molecule has 2 saturated heterocycles. The molecule has 92 valence electrons. The van der Waals surface area contributed by atoms with Gasteiger partial charge in [0.1, 0.15) is 0 Å². The van der Waals surface area contributed by atoms with Crippen LogP contribution in [-0.2, 0) is 4.79 Å². The third-order valence-corrected chi connectivity index (χ3v) is 4.09. The Morgan fingerprint density at radius 2 is 2.31 bits per heavy atom. The van der Waals surface area contributed by atoms with Crippen LogP contribution in [0, 0.1) is 5.92 Å². The summed E-state index contributed by atoms with van der Waals surface area (Å²) in [6.07, 6.45) is 2.09. The molecule has 2 heterocycles. The quantitative estimate of drug-likeness (QED) is 0.759. The number of rotatable bonds is 3. The lowest BCUT2D eigenvalue weighted by Crippen LogP contribution is -2.43. The zero-order chi connectivity index (χ0) is 11.8. The van der Waals surface area contributed by atoms with Gasteiger partial charge in [-0.15, -0.1) is 0 Å². The number of carbonyl (C=O) groups excluding carboxylic acids is 1. The third-order valence-electron chi connectivity index (χ3n) is 4.09. The lowest BCUT2D eigenvalue weighted by Gasteiger charge is -2.23. The van der Waals surface area contributed by atoms with Crippen LogP contribution >= 0.6 is 0 Å². The van der Waals surface area contributed by atoms with Gasteiger partial charge in [0.2, 0.25) is 5.91 Å². The number of hydrogen-bond donors (Lipinski definition) is 1. The summed E-state index contributed by atoms with van der Waals surface area (Å²) in [5, 5.41) is 3.33. The van der Waals surface area contributed by atoms with Crippen molar-refractivity contribution in [1.29, 1.82) is 0 Å². The van der Waals surface area contributed by atoms with Gasteiger partial charge >= 0.3 is 0 Å². The third kappa shape index (κ3) is 2.09. The molecule has 0 aromatic carbocycles. The molecule has 0 spiro atoms. The van der Waals surface area contributed by atoms with Crippen LogP contribution in [0.2, 0.25) is 0 Å². The molecule has 4 nitrogen and oxygen atoms in total. The molecule has 4 heteroatoms. The molecule has 16 heavy (non-hydrogen) atoms. The van der Waals surface area contributed by atoms with Crippen LogP contribution in [0.15, 0.2) is 0 Å². The number of carbonyl (C=O) groups is 1. The minimum Gasteiger partial charge on any atom is -0.328 e. The Hall–Kier alpha value is -0.610. The lowest BCUT2D eigenvalue weighted by molar-refractivity contribution is -0.132. The van der Waals surface area contributed by atoms with Gasteiger partial charge < -0.3 is 9.80 Å². The van der Waals surface area contributed by atoms with Crippen LogP contribution < -0.4 is 5.32 Å². The first-order valence-electron chi connectivity index (χ1n) is 6.28. The number of nitrogens with zero attached hydrogens (tertiary/aromatic N) is 2. The van der Waals surface area contributed by atoms with E-state index in [1.807, 2.05) is 11.8 Å². The normalized spacial score (nSPS) is 36.3. The van der Waals surface area contributed by atoms with E-state index in [0.29, 0.717) is 5.92 Å². The Morgan fingerprint density at radius 3 is 2.81 bits per heavy atom. The fourth-order valence-corrected chi connectivity index (χ4v) is 2.68. The van der Waals surface area contributed by atoms with Crippen LogP contribution in [0.1, 0.15) is 26.7 Å². The Morgan fingerprint density at radius 1 is 1.56 bits per heavy atom. The van der Waals surface area contributed by atoms with Crippen molar-refractivity contribution >= 4 is 5.91 Å². The molecule has 0 aromatic heterocycles. The summed E-state index contributed by atoms with van der Waals surface area (Å²) in [7, 11) is 2.15. The summed E-state index contributed by atoms with van der Waals surface area (Å²) in [5.41, 5.74) is -0.315. The molecule has 0 aliphatic carbocycles. The second-order valence-corrected chi connectivity index (χ2v) is 5.47. The van der Waals surface area contributed by atoms with Crippen LogP contribution in [0.4, 0.5) is 0 Å². The van der Waals surface area contributed by atoms with Crippen molar-refractivity contribution in [2.75, 3.05) is 33.4 Å². The molecular weight excluding hydrogens is 202 g/mol. The van der Waals surface area contributed by atoms with E-state index in [1.54, 1.807) is 0 Å². The molecule has 2 fully saturated rings. The number of likely N-dealkylation sites (tertiary alicyclic amines) is 1. The maximum absolute atomic E-state index is 12.2. The van der Waals surface area contributed by atoms with Crippen LogP contribution in [0.25, 0.3) is 0 Å².